The fourth-order valence-corrected chi connectivity index (χ4v) is 1.49. The first-order chi connectivity index (χ1) is 7.75. The molecule has 0 aromatic heterocycles. The zero-order valence-corrected chi connectivity index (χ0v) is 9.48. The second kappa shape index (κ2) is 5.01. The molecule has 0 heterocycles. The van der Waals surface area contributed by atoms with E-state index in [-0.39, 0.29) is 17.9 Å². The molecule has 3 heteroatoms. The zero-order valence-electron chi connectivity index (χ0n) is 9.48. The van der Waals surface area contributed by atoms with Gasteiger partial charge in [0.1, 0.15) is 12.4 Å². The number of para-hydroxylation sites is 1. The van der Waals surface area contributed by atoms with Gasteiger partial charge in [0.05, 0.1) is 6.04 Å². The second-order valence-corrected chi connectivity index (χ2v) is 4.31. The van der Waals surface area contributed by atoms with E-state index in [2.05, 4.69) is 5.32 Å². The van der Waals surface area contributed by atoms with Crippen molar-refractivity contribution in [1.82, 2.24) is 5.32 Å². The molecule has 0 radical (unpaired) electrons. The molecule has 1 aliphatic carbocycles. The summed E-state index contributed by atoms with van der Waals surface area (Å²) >= 11 is 0. The van der Waals surface area contributed by atoms with Crippen LogP contribution in [0.5, 0.6) is 5.75 Å². The van der Waals surface area contributed by atoms with Gasteiger partial charge in [0.25, 0.3) is 0 Å². The van der Waals surface area contributed by atoms with Crippen LogP contribution in [0.2, 0.25) is 0 Å². The van der Waals surface area contributed by atoms with Crippen molar-refractivity contribution in [1.29, 1.82) is 0 Å². The molecule has 0 bridgehead atoms. The summed E-state index contributed by atoms with van der Waals surface area (Å²) in [5.74, 6) is 1.28. The van der Waals surface area contributed by atoms with Crippen LogP contribution in [0.1, 0.15) is 19.8 Å². The Labute approximate surface area is 95.8 Å². The highest BCUT2D eigenvalue weighted by molar-refractivity contribution is 5.81. The molecule has 0 saturated heterocycles. The van der Waals surface area contributed by atoms with E-state index in [1.807, 2.05) is 37.3 Å². The Hall–Kier alpha value is -1.51. The van der Waals surface area contributed by atoms with Crippen molar-refractivity contribution in [2.24, 2.45) is 5.92 Å². The molecule has 1 aliphatic rings. The van der Waals surface area contributed by atoms with E-state index in [1.165, 1.54) is 0 Å². The van der Waals surface area contributed by atoms with Crippen LogP contribution in [0.25, 0.3) is 0 Å². The minimum atomic E-state index is 0.0632. The Bertz CT molecular complexity index is 346. The molecular weight excluding hydrogens is 202 g/mol. The highest BCUT2D eigenvalue weighted by Crippen LogP contribution is 2.28. The first kappa shape index (κ1) is 11.0. The van der Waals surface area contributed by atoms with Crippen LogP contribution in [0.3, 0.4) is 0 Å². The first-order valence-corrected chi connectivity index (χ1v) is 5.74. The molecule has 0 unspecified atom stereocenters. The summed E-state index contributed by atoms with van der Waals surface area (Å²) in [5.41, 5.74) is 0. The average molecular weight is 219 g/mol. The fourth-order valence-electron chi connectivity index (χ4n) is 1.49. The largest absolute Gasteiger partial charge is 0.491 e. The zero-order chi connectivity index (χ0) is 11.4. The number of carbonyl (C=O) groups is 1. The van der Waals surface area contributed by atoms with Crippen LogP contribution < -0.4 is 10.1 Å². The number of benzene rings is 1. The Morgan fingerprint density at radius 2 is 2.12 bits per heavy atom. The van der Waals surface area contributed by atoms with Crippen LogP contribution in [-0.2, 0) is 4.79 Å². The molecule has 1 N–H and O–H groups in total. The smallest absolute Gasteiger partial charge is 0.223 e. The first-order valence-electron chi connectivity index (χ1n) is 5.74. The molecule has 1 amide bonds. The second-order valence-electron chi connectivity index (χ2n) is 4.31. The van der Waals surface area contributed by atoms with Gasteiger partial charge in [-0.15, -0.1) is 0 Å². The molecule has 1 atom stereocenters. The number of nitrogens with one attached hydrogen (secondary N) is 1. The summed E-state index contributed by atoms with van der Waals surface area (Å²) in [6, 6.07) is 9.70. The Balaban J connectivity index is 1.71. The lowest BCUT2D eigenvalue weighted by molar-refractivity contribution is -0.123. The average Bonchev–Trinajstić information content (AvgIpc) is 3.11. The Morgan fingerprint density at radius 1 is 1.44 bits per heavy atom. The third-order valence-corrected chi connectivity index (χ3v) is 2.58. The molecule has 3 nitrogen and oxygen atoms in total. The molecule has 1 saturated carbocycles. The Kier molecular flexibility index (Phi) is 3.44. The third-order valence-electron chi connectivity index (χ3n) is 2.58. The van der Waals surface area contributed by atoms with E-state index in [0.717, 1.165) is 18.6 Å². The van der Waals surface area contributed by atoms with Gasteiger partial charge in [-0.1, -0.05) is 18.2 Å². The molecule has 0 aliphatic heterocycles. The lowest BCUT2D eigenvalue weighted by Gasteiger charge is -2.14. The molecule has 0 spiro atoms. The predicted octanol–water partition coefficient (Wildman–Crippen LogP) is 1.98. The van der Waals surface area contributed by atoms with Gasteiger partial charge >= 0.3 is 0 Å². The number of ether oxygens (including phenoxy) is 1. The van der Waals surface area contributed by atoms with Crippen LogP contribution in [-0.4, -0.2) is 18.6 Å². The van der Waals surface area contributed by atoms with Crippen LogP contribution >= 0.6 is 0 Å². The normalized spacial score (nSPS) is 16.6. The van der Waals surface area contributed by atoms with E-state index >= 15 is 0 Å². The molecule has 86 valence electrons. The number of amides is 1. The van der Waals surface area contributed by atoms with Crippen molar-refractivity contribution in [2.75, 3.05) is 6.61 Å². The van der Waals surface area contributed by atoms with Gasteiger partial charge in [-0.2, -0.15) is 0 Å². The summed E-state index contributed by atoms with van der Waals surface area (Å²) in [6.45, 7) is 2.48. The maximum absolute atomic E-state index is 11.5. The maximum atomic E-state index is 11.5. The minimum Gasteiger partial charge on any atom is -0.491 e. The molecule has 1 aromatic carbocycles. The van der Waals surface area contributed by atoms with Gasteiger partial charge in [-0.3, -0.25) is 4.79 Å². The molecule has 16 heavy (non-hydrogen) atoms. The van der Waals surface area contributed by atoms with Crippen molar-refractivity contribution >= 4 is 5.91 Å². The van der Waals surface area contributed by atoms with Crippen LogP contribution in [0.15, 0.2) is 30.3 Å². The lowest BCUT2D eigenvalue weighted by Crippen LogP contribution is -2.37. The van der Waals surface area contributed by atoms with Gasteiger partial charge in [-0.05, 0) is 31.9 Å². The summed E-state index contributed by atoms with van der Waals surface area (Å²) in [5, 5.41) is 2.95. The molecule has 2 rings (SSSR count). The van der Waals surface area contributed by atoms with Gasteiger partial charge in [0.2, 0.25) is 5.91 Å². The number of rotatable bonds is 5. The predicted molar refractivity (Wildman–Crippen MR) is 62.3 cm³/mol. The van der Waals surface area contributed by atoms with Gasteiger partial charge in [-0.25, -0.2) is 0 Å². The topological polar surface area (TPSA) is 38.3 Å². The van der Waals surface area contributed by atoms with Gasteiger partial charge in [0.15, 0.2) is 0 Å². The minimum absolute atomic E-state index is 0.0632. The SMILES string of the molecule is C[C@@H](COc1ccccc1)NC(=O)C1CC1. The molecule has 1 aromatic rings. The number of hydrogen-bond donors (Lipinski definition) is 1. The van der Waals surface area contributed by atoms with Crippen molar-refractivity contribution in [3.63, 3.8) is 0 Å². The molecule has 1 fully saturated rings. The molecular formula is C13H17NO2. The van der Waals surface area contributed by atoms with Crippen molar-refractivity contribution in [3.8, 4) is 5.75 Å². The summed E-state index contributed by atoms with van der Waals surface area (Å²) in [4.78, 5) is 11.5. The lowest BCUT2D eigenvalue weighted by atomic mass is 10.3. The third kappa shape index (κ3) is 3.26. The van der Waals surface area contributed by atoms with E-state index in [9.17, 15) is 4.79 Å². The number of carbonyl (C=O) groups excluding carboxylic acids is 1. The fraction of sp³-hybridized carbons (Fsp3) is 0.462. The van der Waals surface area contributed by atoms with E-state index in [1.54, 1.807) is 0 Å². The monoisotopic (exact) mass is 219 g/mol. The summed E-state index contributed by atoms with van der Waals surface area (Å²) in [6.07, 6.45) is 2.08. The van der Waals surface area contributed by atoms with Crippen LogP contribution in [0, 0.1) is 5.92 Å². The van der Waals surface area contributed by atoms with Crippen LogP contribution in [0.4, 0.5) is 0 Å². The maximum Gasteiger partial charge on any atom is 0.223 e. The highest BCUT2D eigenvalue weighted by Gasteiger charge is 2.30. The summed E-state index contributed by atoms with van der Waals surface area (Å²) < 4.78 is 5.55. The van der Waals surface area contributed by atoms with Gasteiger partial charge in [0, 0.05) is 5.92 Å². The highest BCUT2D eigenvalue weighted by atomic mass is 16.5. The van der Waals surface area contributed by atoms with E-state index < -0.39 is 0 Å². The standard InChI is InChI=1S/C13H17NO2/c1-10(14-13(15)11-7-8-11)9-16-12-5-3-2-4-6-12/h2-6,10-11H,7-9H2,1H3,(H,14,15)/t10-/m0/s1. The van der Waals surface area contributed by atoms with E-state index in [4.69, 9.17) is 4.74 Å². The number of hydrogen-bond acceptors (Lipinski definition) is 2. The van der Waals surface area contributed by atoms with Crippen molar-refractivity contribution < 1.29 is 9.53 Å². The van der Waals surface area contributed by atoms with Gasteiger partial charge < -0.3 is 10.1 Å². The van der Waals surface area contributed by atoms with E-state index in [0.29, 0.717) is 6.61 Å². The Morgan fingerprint density at radius 3 is 2.75 bits per heavy atom. The van der Waals surface area contributed by atoms with Crippen molar-refractivity contribution in [3.05, 3.63) is 30.3 Å². The quantitative estimate of drug-likeness (QED) is 0.822. The summed E-state index contributed by atoms with van der Waals surface area (Å²) in [7, 11) is 0. The van der Waals surface area contributed by atoms with Crippen molar-refractivity contribution in [2.45, 2.75) is 25.8 Å².